The molecule has 0 fully saturated rings. The van der Waals surface area contributed by atoms with Gasteiger partial charge in [0, 0.05) is 19.3 Å². The van der Waals surface area contributed by atoms with Gasteiger partial charge in [0.25, 0.3) is 0 Å². The number of hydrogen-bond acceptors (Lipinski definition) is 6. The lowest BCUT2D eigenvalue weighted by Gasteiger charge is -2.18. The van der Waals surface area contributed by atoms with E-state index < -0.39 is 6.10 Å². The molecule has 0 heterocycles. The Morgan fingerprint density at radius 3 is 1.24 bits per heavy atom. The highest BCUT2D eigenvalue weighted by atomic mass is 16.6. The van der Waals surface area contributed by atoms with Gasteiger partial charge >= 0.3 is 17.9 Å². The fraction of sp³-hybridized carbons (Fsp3) is 0.661. The van der Waals surface area contributed by atoms with Gasteiger partial charge in [-0.1, -0.05) is 201 Å². The molecule has 6 nitrogen and oxygen atoms in total. The molecule has 62 heavy (non-hydrogen) atoms. The largest absolute Gasteiger partial charge is 0.462 e. The maximum Gasteiger partial charge on any atom is 0.306 e. The maximum atomic E-state index is 12.7. The van der Waals surface area contributed by atoms with Gasteiger partial charge in [-0.05, 0) is 96.3 Å². The summed E-state index contributed by atoms with van der Waals surface area (Å²) in [5.74, 6) is -0.999. The second-order valence-corrected chi connectivity index (χ2v) is 16.4. The van der Waals surface area contributed by atoms with E-state index in [4.69, 9.17) is 14.2 Å². The highest BCUT2D eigenvalue weighted by Gasteiger charge is 2.19. The molecule has 0 radical (unpaired) electrons. The monoisotopic (exact) mass is 861 g/mol. The van der Waals surface area contributed by atoms with Crippen LogP contribution in [-0.4, -0.2) is 37.2 Å². The number of allylic oxidation sites excluding steroid dienone is 16. The topological polar surface area (TPSA) is 78.9 Å². The number of carbonyl (C=O) groups excluding carboxylic acids is 3. The Morgan fingerprint density at radius 2 is 0.710 bits per heavy atom. The van der Waals surface area contributed by atoms with Crippen LogP contribution in [-0.2, 0) is 28.6 Å². The standard InChI is InChI=1S/C56H92O6/c1-4-7-10-13-16-19-22-25-26-27-28-29-30-32-34-37-40-43-46-49-55(58)61-52-53(51-60-54(57)48-45-42-39-36-33-24-21-18-15-12-9-6-3)62-56(59)50-47-44-41-38-35-31-23-20-17-14-11-8-5-2/h8-9,11-12,14,17-18,20-21,23,27-28,31,33,35-36,53H,4-7,10,13,15-16,19,22,24-26,29-30,32,34,37-52H2,1-3H3/b11-8-,12-9-,17-14-,21-18-,23-20-,28-27-,35-31-,36-33-. The van der Waals surface area contributed by atoms with Crippen LogP contribution in [0, 0.1) is 0 Å². The van der Waals surface area contributed by atoms with E-state index in [-0.39, 0.29) is 37.5 Å². The third kappa shape index (κ3) is 47.4. The summed E-state index contributed by atoms with van der Waals surface area (Å²) >= 11 is 0. The van der Waals surface area contributed by atoms with Gasteiger partial charge in [-0.2, -0.15) is 0 Å². The van der Waals surface area contributed by atoms with E-state index in [1.54, 1.807) is 0 Å². The van der Waals surface area contributed by atoms with Crippen LogP contribution < -0.4 is 0 Å². The maximum absolute atomic E-state index is 12.7. The normalized spacial score (nSPS) is 12.9. The molecule has 0 bridgehead atoms. The van der Waals surface area contributed by atoms with Crippen molar-refractivity contribution < 1.29 is 28.6 Å². The lowest BCUT2D eigenvalue weighted by molar-refractivity contribution is -0.167. The SMILES string of the molecule is CC\C=C/C=C\C=C/C=C\CCCCCC(=O)OC(COC(=O)CCCC/C=C\C/C=C\C/C=C\CC)COC(=O)CCCCCCCCC/C=C\CCCCCCCCCC. The second-order valence-electron chi connectivity index (χ2n) is 16.4. The highest BCUT2D eigenvalue weighted by molar-refractivity contribution is 5.71. The van der Waals surface area contributed by atoms with E-state index in [0.717, 1.165) is 83.5 Å². The molecule has 0 aromatic rings. The zero-order valence-electron chi connectivity index (χ0n) is 40.1. The lowest BCUT2D eigenvalue weighted by atomic mass is 10.1. The predicted molar refractivity (Wildman–Crippen MR) is 265 cm³/mol. The molecule has 0 aliphatic heterocycles. The molecule has 0 saturated heterocycles. The minimum atomic E-state index is -0.815. The molecule has 1 atom stereocenters. The zero-order valence-corrected chi connectivity index (χ0v) is 40.1. The number of unbranched alkanes of at least 4 members (excludes halogenated alkanes) is 20. The van der Waals surface area contributed by atoms with Gasteiger partial charge in [0.15, 0.2) is 6.10 Å². The van der Waals surface area contributed by atoms with E-state index in [1.807, 2.05) is 36.5 Å². The van der Waals surface area contributed by atoms with Crippen molar-refractivity contribution in [3.05, 3.63) is 97.2 Å². The van der Waals surface area contributed by atoms with Crippen LogP contribution in [0.1, 0.15) is 220 Å². The lowest BCUT2D eigenvalue weighted by Crippen LogP contribution is -2.30. The second kappa shape index (κ2) is 50.0. The first-order valence-electron chi connectivity index (χ1n) is 25.3. The molecule has 352 valence electrons. The zero-order chi connectivity index (χ0) is 45.1. The number of carbonyl (C=O) groups is 3. The first-order valence-corrected chi connectivity index (χ1v) is 25.3. The van der Waals surface area contributed by atoms with Gasteiger partial charge in [-0.3, -0.25) is 14.4 Å². The van der Waals surface area contributed by atoms with Crippen molar-refractivity contribution in [2.24, 2.45) is 0 Å². The molecule has 1 unspecified atom stereocenters. The van der Waals surface area contributed by atoms with Crippen LogP contribution in [0.15, 0.2) is 97.2 Å². The fourth-order valence-electron chi connectivity index (χ4n) is 6.64. The van der Waals surface area contributed by atoms with Crippen molar-refractivity contribution in [2.45, 2.75) is 226 Å². The number of hydrogen-bond donors (Lipinski definition) is 0. The summed E-state index contributed by atoms with van der Waals surface area (Å²) in [6.45, 7) is 6.30. The number of esters is 3. The van der Waals surface area contributed by atoms with Gasteiger partial charge in [-0.25, -0.2) is 0 Å². The Kier molecular flexibility index (Phi) is 47.0. The molecule has 0 saturated carbocycles. The quantitative estimate of drug-likeness (QED) is 0.0200. The molecule has 6 heteroatoms. The summed E-state index contributed by atoms with van der Waals surface area (Å²) in [6, 6.07) is 0. The van der Waals surface area contributed by atoms with E-state index in [9.17, 15) is 14.4 Å². The van der Waals surface area contributed by atoms with Crippen LogP contribution in [0.25, 0.3) is 0 Å². The van der Waals surface area contributed by atoms with Crippen LogP contribution in [0.3, 0.4) is 0 Å². The first kappa shape index (κ1) is 58.3. The van der Waals surface area contributed by atoms with Gasteiger partial charge in [0.1, 0.15) is 13.2 Å². The minimum absolute atomic E-state index is 0.109. The molecule has 0 aromatic carbocycles. The summed E-state index contributed by atoms with van der Waals surface area (Å²) in [7, 11) is 0. The van der Waals surface area contributed by atoms with E-state index >= 15 is 0 Å². The summed E-state index contributed by atoms with van der Waals surface area (Å²) in [5.41, 5.74) is 0. The summed E-state index contributed by atoms with van der Waals surface area (Å²) < 4.78 is 16.7. The van der Waals surface area contributed by atoms with E-state index in [2.05, 4.69) is 81.5 Å². The Bertz CT molecular complexity index is 1260. The molecule has 0 aromatic heterocycles. The predicted octanol–water partition coefficient (Wildman–Crippen LogP) is 16.6. The highest BCUT2D eigenvalue weighted by Crippen LogP contribution is 2.13. The number of ether oxygens (including phenoxy) is 3. The van der Waals surface area contributed by atoms with Crippen LogP contribution in [0.4, 0.5) is 0 Å². The van der Waals surface area contributed by atoms with Crippen molar-refractivity contribution >= 4 is 17.9 Å². The third-order valence-electron chi connectivity index (χ3n) is 10.4. The molecule has 0 spiro atoms. The average Bonchev–Trinajstić information content (AvgIpc) is 3.27. The van der Waals surface area contributed by atoms with Crippen molar-refractivity contribution in [1.82, 2.24) is 0 Å². The van der Waals surface area contributed by atoms with Crippen LogP contribution >= 0.6 is 0 Å². The van der Waals surface area contributed by atoms with Gasteiger partial charge in [-0.15, -0.1) is 0 Å². The first-order chi connectivity index (χ1) is 30.5. The minimum Gasteiger partial charge on any atom is -0.462 e. The van der Waals surface area contributed by atoms with Crippen molar-refractivity contribution in [1.29, 1.82) is 0 Å². The Balaban J connectivity index is 4.44. The van der Waals surface area contributed by atoms with Crippen LogP contribution in [0.5, 0.6) is 0 Å². The average molecular weight is 861 g/mol. The summed E-state index contributed by atoms with van der Waals surface area (Å²) in [5, 5.41) is 0. The van der Waals surface area contributed by atoms with Gasteiger partial charge in [0.05, 0.1) is 0 Å². The molecule has 0 amide bonds. The summed E-state index contributed by atoms with van der Waals surface area (Å²) in [4.78, 5) is 37.9. The fourth-order valence-corrected chi connectivity index (χ4v) is 6.64. The summed E-state index contributed by atoms with van der Waals surface area (Å²) in [6.07, 6.45) is 65.5. The van der Waals surface area contributed by atoms with Crippen molar-refractivity contribution in [2.75, 3.05) is 13.2 Å². The molecule has 0 N–H and O–H groups in total. The van der Waals surface area contributed by atoms with Gasteiger partial charge < -0.3 is 14.2 Å². The van der Waals surface area contributed by atoms with Crippen molar-refractivity contribution in [3.8, 4) is 0 Å². The molecular weight excluding hydrogens is 769 g/mol. The third-order valence-corrected chi connectivity index (χ3v) is 10.4. The smallest absolute Gasteiger partial charge is 0.306 e. The Morgan fingerprint density at radius 1 is 0.355 bits per heavy atom. The molecule has 0 aliphatic rings. The van der Waals surface area contributed by atoms with E-state index in [1.165, 1.54) is 89.9 Å². The van der Waals surface area contributed by atoms with Crippen LogP contribution in [0.2, 0.25) is 0 Å². The Hall–Kier alpha value is -3.67. The molecular formula is C56H92O6. The van der Waals surface area contributed by atoms with E-state index in [0.29, 0.717) is 19.3 Å². The molecule has 0 aliphatic carbocycles. The number of rotatable bonds is 44. The van der Waals surface area contributed by atoms with Crippen molar-refractivity contribution in [3.63, 3.8) is 0 Å². The molecule has 0 rings (SSSR count). The van der Waals surface area contributed by atoms with Gasteiger partial charge in [0.2, 0.25) is 0 Å². The Labute approximate surface area is 381 Å².